The number of ether oxygens (including phenoxy) is 3. The Balaban J connectivity index is 1.92. The van der Waals surface area contributed by atoms with Crippen molar-refractivity contribution in [1.29, 1.82) is 0 Å². The van der Waals surface area contributed by atoms with Gasteiger partial charge < -0.3 is 24.2 Å². The van der Waals surface area contributed by atoms with E-state index in [1.807, 2.05) is 6.92 Å². The topological polar surface area (TPSA) is 88.5 Å². The highest BCUT2D eigenvalue weighted by Crippen LogP contribution is 2.34. The van der Waals surface area contributed by atoms with E-state index < -0.39 is 16.1 Å². The molecule has 2 heterocycles. The number of nitrogens with zero attached hydrogens (tertiary/aromatic N) is 2. The Kier molecular flexibility index (Phi) is 9.77. The first kappa shape index (κ1) is 26.9. The van der Waals surface area contributed by atoms with Crippen LogP contribution in [0.1, 0.15) is 32.3 Å². The van der Waals surface area contributed by atoms with Crippen molar-refractivity contribution in [2.45, 2.75) is 43.7 Å². The maximum atomic E-state index is 13.5. The van der Waals surface area contributed by atoms with Gasteiger partial charge in [0, 0.05) is 57.5 Å². The molecule has 0 saturated carbocycles. The minimum absolute atomic E-state index is 0.0858. The standard InChI is InChI=1S/C25H38N2O6S/c1-19-15-27(20(2)18-28)34(29,30)25-8-7-21(6-5-11-31-4)14-23(25)33-24(19)17-26(3)16-22-9-12-32-13-10-22/h7-8,14,19-20,22,24,28H,9-13,15-18H2,1-4H3/t19-,20+,24+/m1/s1. The molecule has 0 aliphatic carbocycles. The summed E-state index contributed by atoms with van der Waals surface area (Å²) in [4.78, 5) is 2.38. The van der Waals surface area contributed by atoms with Crippen LogP contribution in [0.4, 0.5) is 0 Å². The van der Waals surface area contributed by atoms with E-state index in [2.05, 4.69) is 23.8 Å². The van der Waals surface area contributed by atoms with E-state index >= 15 is 0 Å². The zero-order valence-corrected chi connectivity index (χ0v) is 21.5. The number of fused-ring (bicyclic) bond motifs is 1. The van der Waals surface area contributed by atoms with Gasteiger partial charge in [-0.15, -0.1) is 0 Å². The molecule has 8 nitrogen and oxygen atoms in total. The van der Waals surface area contributed by atoms with Gasteiger partial charge in [0.05, 0.1) is 6.61 Å². The molecule has 190 valence electrons. The zero-order valence-electron chi connectivity index (χ0n) is 20.7. The van der Waals surface area contributed by atoms with Gasteiger partial charge in [-0.1, -0.05) is 18.8 Å². The molecule has 0 unspecified atom stereocenters. The van der Waals surface area contributed by atoms with Crippen molar-refractivity contribution < 1.29 is 27.7 Å². The highest BCUT2D eigenvalue weighted by atomic mass is 32.2. The van der Waals surface area contributed by atoms with Gasteiger partial charge in [0.25, 0.3) is 0 Å². The van der Waals surface area contributed by atoms with Gasteiger partial charge in [0.2, 0.25) is 10.0 Å². The smallest absolute Gasteiger partial charge is 0.247 e. The van der Waals surface area contributed by atoms with Crippen molar-refractivity contribution in [3.05, 3.63) is 23.8 Å². The maximum Gasteiger partial charge on any atom is 0.247 e. The van der Waals surface area contributed by atoms with E-state index in [0.29, 0.717) is 23.8 Å². The number of hydrogen-bond donors (Lipinski definition) is 1. The highest BCUT2D eigenvalue weighted by Gasteiger charge is 2.38. The first-order valence-electron chi connectivity index (χ1n) is 11.9. The molecule has 1 saturated heterocycles. The average Bonchev–Trinajstić information content (AvgIpc) is 2.81. The van der Waals surface area contributed by atoms with E-state index in [0.717, 1.165) is 32.6 Å². The normalized spacial score (nSPS) is 24.3. The molecular weight excluding hydrogens is 456 g/mol. The molecule has 2 aliphatic rings. The van der Waals surface area contributed by atoms with Crippen molar-refractivity contribution in [3.8, 4) is 17.6 Å². The van der Waals surface area contributed by atoms with Crippen molar-refractivity contribution in [1.82, 2.24) is 9.21 Å². The summed E-state index contributed by atoms with van der Waals surface area (Å²) >= 11 is 0. The monoisotopic (exact) mass is 494 g/mol. The zero-order chi connectivity index (χ0) is 24.7. The number of methoxy groups -OCH3 is 1. The lowest BCUT2D eigenvalue weighted by Gasteiger charge is -2.38. The molecule has 3 rings (SSSR count). The van der Waals surface area contributed by atoms with Crippen LogP contribution in [0.2, 0.25) is 0 Å². The third kappa shape index (κ3) is 6.72. The van der Waals surface area contributed by atoms with Crippen LogP contribution in [-0.2, 0) is 19.5 Å². The van der Waals surface area contributed by atoms with Crippen LogP contribution in [0.5, 0.6) is 5.75 Å². The summed E-state index contributed by atoms with van der Waals surface area (Å²) in [6.45, 7) is 7.26. The van der Waals surface area contributed by atoms with Gasteiger partial charge in [0.15, 0.2) is 0 Å². The number of aliphatic hydroxyl groups excluding tert-OH is 1. The van der Waals surface area contributed by atoms with Crippen molar-refractivity contribution >= 4 is 10.0 Å². The molecule has 1 aromatic carbocycles. The highest BCUT2D eigenvalue weighted by molar-refractivity contribution is 7.89. The molecule has 0 bridgehead atoms. The third-order valence-electron chi connectivity index (χ3n) is 6.52. The lowest BCUT2D eigenvalue weighted by atomic mass is 9.98. The number of likely N-dealkylation sites (N-methyl/N-ethyl adjacent to an activating group) is 1. The summed E-state index contributed by atoms with van der Waals surface area (Å²) in [5, 5.41) is 9.79. The molecule has 34 heavy (non-hydrogen) atoms. The summed E-state index contributed by atoms with van der Waals surface area (Å²) in [5.41, 5.74) is 0.662. The van der Waals surface area contributed by atoms with Gasteiger partial charge in [-0.3, -0.25) is 0 Å². The number of sulfonamides is 1. The van der Waals surface area contributed by atoms with Crippen LogP contribution >= 0.6 is 0 Å². The number of aliphatic hydroxyl groups is 1. The summed E-state index contributed by atoms with van der Waals surface area (Å²) in [6.07, 6.45) is 1.88. The fraction of sp³-hybridized carbons (Fsp3) is 0.680. The summed E-state index contributed by atoms with van der Waals surface area (Å²) in [6, 6.07) is 4.39. The second-order valence-corrected chi connectivity index (χ2v) is 11.3. The molecule has 0 aromatic heterocycles. The van der Waals surface area contributed by atoms with Crippen molar-refractivity contribution in [2.24, 2.45) is 11.8 Å². The minimum Gasteiger partial charge on any atom is -0.487 e. The Hall–Kier alpha value is -1.67. The van der Waals surface area contributed by atoms with E-state index in [1.54, 1.807) is 32.2 Å². The van der Waals surface area contributed by atoms with Gasteiger partial charge in [0.1, 0.15) is 23.4 Å². The largest absolute Gasteiger partial charge is 0.487 e. The van der Waals surface area contributed by atoms with E-state index in [4.69, 9.17) is 14.2 Å². The van der Waals surface area contributed by atoms with Gasteiger partial charge in [-0.2, -0.15) is 4.31 Å². The molecule has 1 aromatic rings. The molecule has 2 aliphatic heterocycles. The number of benzene rings is 1. The van der Waals surface area contributed by atoms with Crippen molar-refractivity contribution in [2.75, 3.05) is 60.2 Å². The first-order valence-corrected chi connectivity index (χ1v) is 13.4. The Morgan fingerprint density at radius 1 is 1.29 bits per heavy atom. The minimum atomic E-state index is -3.86. The molecule has 3 atom stereocenters. The molecule has 1 N–H and O–H groups in total. The Morgan fingerprint density at radius 3 is 2.71 bits per heavy atom. The predicted octanol–water partition coefficient (Wildman–Crippen LogP) is 1.81. The van der Waals surface area contributed by atoms with Crippen LogP contribution in [0, 0.1) is 23.7 Å². The first-order chi connectivity index (χ1) is 16.3. The molecule has 1 fully saturated rings. The summed E-state index contributed by atoms with van der Waals surface area (Å²) in [5.74, 6) is 6.70. The lowest BCUT2D eigenvalue weighted by Crippen LogP contribution is -2.50. The van der Waals surface area contributed by atoms with Crippen molar-refractivity contribution in [3.63, 3.8) is 0 Å². The lowest BCUT2D eigenvalue weighted by molar-refractivity contribution is 0.0402. The molecule has 0 amide bonds. The predicted molar refractivity (Wildman–Crippen MR) is 130 cm³/mol. The second kappa shape index (κ2) is 12.3. The van der Waals surface area contributed by atoms with Gasteiger partial charge in [-0.05, 0) is 50.9 Å². The van der Waals surface area contributed by atoms with Gasteiger partial charge >= 0.3 is 0 Å². The van der Waals surface area contributed by atoms with Crippen LogP contribution in [0.3, 0.4) is 0 Å². The summed E-state index contributed by atoms with van der Waals surface area (Å²) in [7, 11) is -0.195. The number of hydrogen-bond acceptors (Lipinski definition) is 7. The molecule has 9 heteroatoms. The second-order valence-electron chi connectivity index (χ2n) is 9.41. The maximum absolute atomic E-state index is 13.5. The van der Waals surface area contributed by atoms with E-state index in [-0.39, 0.29) is 36.7 Å². The van der Waals surface area contributed by atoms with Gasteiger partial charge in [-0.25, -0.2) is 8.42 Å². The van der Waals surface area contributed by atoms with Crippen LogP contribution in [0.25, 0.3) is 0 Å². The van der Waals surface area contributed by atoms with E-state index in [9.17, 15) is 13.5 Å². The summed E-state index contributed by atoms with van der Waals surface area (Å²) < 4.78 is 45.4. The SMILES string of the molecule is COCC#Cc1ccc2c(c1)O[C@@H](CN(C)CC1CCOCC1)[C@H](C)CN([C@@H](C)CO)S2(=O)=O. The Bertz CT molecular complexity index is 967. The van der Waals surface area contributed by atoms with Crippen LogP contribution in [0.15, 0.2) is 23.1 Å². The third-order valence-corrected chi connectivity index (χ3v) is 8.54. The molecular formula is C25H38N2O6S. The molecule has 0 radical (unpaired) electrons. The number of rotatable bonds is 7. The quantitative estimate of drug-likeness (QED) is 0.579. The average molecular weight is 495 g/mol. The fourth-order valence-corrected chi connectivity index (χ4v) is 6.31. The van der Waals surface area contributed by atoms with E-state index in [1.165, 1.54) is 4.31 Å². The van der Waals surface area contributed by atoms with Crippen LogP contribution < -0.4 is 4.74 Å². The Morgan fingerprint density at radius 2 is 2.03 bits per heavy atom. The fourth-order valence-electron chi connectivity index (χ4n) is 4.48. The van der Waals surface area contributed by atoms with Crippen LogP contribution in [-0.4, -0.2) is 95.1 Å². The molecule has 0 spiro atoms. The Labute approximate surface area is 204 Å².